The van der Waals surface area contributed by atoms with Crippen molar-refractivity contribution in [3.63, 3.8) is 0 Å². The maximum Gasteiger partial charge on any atom is -0.0414 e. The molecule has 0 heterocycles. The summed E-state index contributed by atoms with van der Waals surface area (Å²) in [5.41, 5.74) is 0. The first-order valence-corrected chi connectivity index (χ1v) is 9.43. The Morgan fingerprint density at radius 3 is 1.26 bits per heavy atom. The third kappa shape index (κ3) is 12.8. The molecular formula is C19H38. The normalized spacial score (nSPS) is 15.0. The number of hydrogen-bond acceptors (Lipinski definition) is 0. The first-order chi connectivity index (χ1) is 9.43. The quantitative estimate of drug-likeness (QED) is 0.273. The van der Waals surface area contributed by atoms with Gasteiger partial charge in [-0.25, -0.2) is 0 Å². The summed E-state index contributed by atoms with van der Waals surface area (Å²) in [6.45, 7) is 2.30. The zero-order valence-corrected chi connectivity index (χ0v) is 13.6. The molecule has 0 bridgehead atoms. The molecule has 0 amide bonds. The molecule has 0 saturated heterocycles. The Balaban J connectivity index is 1.60. The van der Waals surface area contributed by atoms with Gasteiger partial charge in [0, 0.05) is 0 Å². The van der Waals surface area contributed by atoms with Crippen LogP contribution in [0.4, 0.5) is 0 Å². The van der Waals surface area contributed by atoms with Gasteiger partial charge in [-0.2, -0.15) is 0 Å². The number of rotatable bonds is 15. The van der Waals surface area contributed by atoms with Gasteiger partial charge in [0.15, 0.2) is 0 Å². The van der Waals surface area contributed by atoms with E-state index in [0.717, 1.165) is 5.92 Å². The highest BCUT2D eigenvalue weighted by atomic mass is 14.3. The summed E-state index contributed by atoms with van der Waals surface area (Å²) < 4.78 is 0. The zero-order chi connectivity index (χ0) is 13.6. The molecule has 0 unspecified atom stereocenters. The second kappa shape index (κ2) is 13.0. The van der Waals surface area contributed by atoms with Crippen molar-refractivity contribution in [2.75, 3.05) is 0 Å². The largest absolute Gasteiger partial charge is 0.0654 e. The van der Waals surface area contributed by atoms with Crippen molar-refractivity contribution in [1.82, 2.24) is 0 Å². The van der Waals surface area contributed by atoms with Crippen molar-refractivity contribution in [3.8, 4) is 0 Å². The molecule has 0 radical (unpaired) electrons. The third-order valence-electron chi connectivity index (χ3n) is 4.66. The molecule has 0 aromatic rings. The fraction of sp³-hybridized carbons (Fsp3) is 1.00. The molecule has 1 fully saturated rings. The average molecular weight is 267 g/mol. The van der Waals surface area contributed by atoms with Crippen LogP contribution in [0.3, 0.4) is 0 Å². The van der Waals surface area contributed by atoms with Gasteiger partial charge in [-0.3, -0.25) is 0 Å². The molecule has 0 spiro atoms. The molecule has 1 saturated carbocycles. The van der Waals surface area contributed by atoms with E-state index in [-0.39, 0.29) is 0 Å². The smallest absolute Gasteiger partial charge is 0.0414 e. The second-order valence-electron chi connectivity index (χ2n) is 6.83. The summed E-state index contributed by atoms with van der Waals surface area (Å²) in [4.78, 5) is 0. The maximum atomic E-state index is 2.30. The summed E-state index contributed by atoms with van der Waals surface area (Å²) >= 11 is 0. The van der Waals surface area contributed by atoms with Gasteiger partial charge >= 0.3 is 0 Å². The summed E-state index contributed by atoms with van der Waals surface area (Å²) in [5.74, 6) is 1.15. The van der Waals surface area contributed by atoms with E-state index in [1.165, 1.54) is 96.3 Å². The minimum atomic E-state index is 1.15. The van der Waals surface area contributed by atoms with Gasteiger partial charge in [-0.05, 0) is 5.92 Å². The molecule has 0 N–H and O–H groups in total. The lowest BCUT2D eigenvalue weighted by Crippen LogP contribution is -1.83. The van der Waals surface area contributed by atoms with Crippen molar-refractivity contribution in [2.45, 2.75) is 116 Å². The highest BCUT2D eigenvalue weighted by Gasteiger charge is 2.19. The summed E-state index contributed by atoms with van der Waals surface area (Å²) in [5, 5.41) is 0. The van der Waals surface area contributed by atoms with E-state index in [9.17, 15) is 0 Å². The molecule has 0 heteroatoms. The third-order valence-corrected chi connectivity index (χ3v) is 4.66. The Morgan fingerprint density at radius 1 is 0.526 bits per heavy atom. The molecule has 0 atom stereocenters. The van der Waals surface area contributed by atoms with Gasteiger partial charge in [0.05, 0.1) is 0 Å². The van der Waals surface area contributed by atoms with Gasteiger partial charge in [-0.15, -0.1) is 0 Å². The van der Waals surface area contributed by atoms with Crippen LogP contribution in [0.5, 0.6) is 0 Å². The van der Waals surface area contributed by atoms with Crippen LogP contribution in [0.2, 0.25) is 0 Å². The fourth-order valence-corrected chi connectivity index (χ4v) is 3.03. The topological polar surface area (TPSA) is 0 Å². The van der Waals surface area contributed by atoms with Crippen LogP contribution in [-0.4, -0.2) is 0 Å². The van der Waals surface area contributed by atoms with Gasteiger partial charge in [0.1, 0.15) is 0 Å². The molecule has 0 aromatic heterocycles. The first kappa shape index (κ1) is 17.1. The van der Waals surface area contributed by atoms with Crippen LogP contribution in [0.25, 0.3) is 0 Å². The molecule has 1 aliphatic rings. The Labute approximate surface area is 122 Å². The van der Waals surface area contributed by atoms with Gasteiger partial charge < -0.3 is 0 Å². The van der Waals surface area contributed by atoms with Crippen molar-refractivity contribution in [3.05, 3.63) is 0 Å². The van der Waals surface area contributed by atoms with Crippen LogP contribution in [0.1, 0.15) is 116 Å². The van der Waals surface area contributed by atoms with Crippen molar-refractivity contribution in [2.24, 2.45) is 5.92 Å². The van der Waals surface area contributed by atoms with Crippen molar-refractivity contribution in [1.29, 1.82) is 0 Å². The Bertz CT molecular complexity index is 169. The summed E-state index contributed by atoms with van der Waals surface area (Å²) in [6, 6.07) is 0. The molecule has 0 nitrogen and oxygen atoms in total. The van der Waals surface area contributed by atoms with Crippen LogP contribution < -0.4 is 0 Å². The van der Waals surface area contributed by atoms with Crippen LogP contribution in [0, 0.1) is 5.92 Å². The van der Waals surface area contributed by atoms with E-state index in [0.29, 0.717) is 0 Å². The maximum absolute atomic E-state index is 2.30. The molecule has 19 heavy (non-hydrogen) atoms. The molecule has 1 rings (SSSR count). The number of unbranched alkanes of at least 4 members (excludes halogenated alkanes) is 13. The van der Waals surface area contributed by atoms with E-state index < -0.39 is 0 Å². The van der Waals surface area contributed by atoms with E-state index in [4.69, 9.17) is 0 Å². The van der Waals surface area contributed by atoms with E-state index >= 15 is 0 Å². The summed E-state index contributed by atoms with van der Waals surface area (Å²) in [6.07, 6.45) is 25.4. The van der Waals surface area contributed by atoms with E-state index in [1.54, 1.807) is 12.8 Å². The zero-order valence-electron chi connectivity index (χ0n) is 13.6. The Morgan fingerprint density at radius 2 is 0.895 bits per heavy atom. The average Bonchev–Trinajstić information content (AvgIpc) is 3.23. The molecule has 1 aliphatic carbocycles. The lowest BCUT2D eigenvalue weighted by atomic mass is 10.0. The van der Waals surface area contributed by atoms with E-state index in [1.807, 2.05) is 0 Å². The Hall–Kier alpha value is 0. The summed E-state index contributed by atoms with van der Waals surface area (Å²) in [7, 11) is 0. The number of hydrogen-bond donors (Lipinski definition) is 0. The van der Waals surface area contributed by atoms with Crippen LogP contribution in [0.15, 0.2) is 0 Å². The second-order valence-corrected chi connectivity index (χ2v) is 6.83. The first-order valence-electron chi connectivity index (χ1n) is 9.43. The molecule has 114 valence electrons. The molecule has 0 aromatic carbocycles. The van der Waals surface area contributed by atoms with Gasteiger partial charge in [0.25, 0.3) is 0 Å². The highest BCUT2D eigenvalue weighted by Crippen LogP contribution is 2.34. The predicted molar refractivity (Wildman–Crippen MR) is 87.7 cm³/mol. The fourth-order valence-electron chi connectivity index (χ4n) is 3.03. The lowest BCUT2D eigenvalue weighted by molar-refractivity contribution is 0.527. The van der Waals surface area contributed by atoms with Crippen molar-refractivity contribution < 1.29 is 0 Å². The standard InChI is InChI=1S/C19H38/c1-2-3-4-5-6-7-8-9-10-11-12-13-14-15-16-19-17-18-19/h19H,2-18H2,1H3. The highest BCUT2D eigenvalue weighted by molar-refractivity contribution is 4.72. The van der Waals surface area contributed by atoms with E-state index in [2.05, 4.69) is 6.92 Å². The van der Waals surface area contributed by atoms with Gasteiger partial charge in [-0.1, -0.05) is 116 Å². The van der Waals surface area contributed by atoms with Crippen LogP contribution >= 0.6 is 0 Å². The molecular weight excluding hydrogens is 228 g/mol. The van der Waals surface area contributed by atoms with Gasteiger partial charge in [0.2, 0.25) is 0 Å². The monoisotopic (exact) mass is 266 g/mol. The Kier molecular flexibility index (Phi) is 11.7. The predicted octanol–water partition coefficient (Wildman–Crippen LogP) is 7.27. The minimum absolute atomic E-state index is 1.15. The minimum Gasteiger partial charge on any atom is -0.0654 e. The van der Waals surface area contributed by atoms with Crippen LogP contribution in [-0.2, 0) is 0 Å². The van der Waals surface area contributed by atoms with Crippen molar-refractivity contribution >= 4 is 0 Å². The SMILES string of the molecule is CCCCCCCCCCCCCCCCC1CC1. The molecule has 0 aliphatic heterocycles. The lowest BCUT2D eigenvalue weighted by Gasteiger charge is -2.03.